The van der Waals surface area contributed by atoms with E-state index >= 15 is 0 Å². The van der Waals surface area contributed by atoms with E-state index in [9.17, 15) is 33.6 Å². The molecule has 6 N–H and O–H groups in total. The van der Waals surface area contributed by atoms with Gasteiger partial charge in [0.1, 0.15) is 43.0 Å². The largest absolute Gasteiger partial charge is 0.472 e. The van der Waals surface area contributed by atoms with Crippen LogP contribution in [0, 0.1) is 0 Å². The van der Waals surface area contributed by atoms with Crippen molar-refractivity contribution in [1.29, 1.82) is 0 Å². The summed E-state index contributed by atoms with van der Waals surface area (Å²) in [5.41, 5.74) is 4.58. The molecular weight excluding hydrogens is 672 g/mol. The summed E-state index contributed by atoms with van der Waals surface area (Å²) in [4.78, 5) is 61.7. The molecule has 3 aliphatic heterocycles. The quantitative estimate of drug-likeness (QED) is 0.165. The zero-order chi connectivity index (χ0) is 33.2. The normalized spacial score (nSPS) is 36.5. The van der Waals surface area contributed by atoms with Gasteiger partial charge in [0.2, 0.25) is 5.95 Å². The number of rotatable bonds is 3. The Bertz CT molecular complexity index is 2060. The van der Waals surface area contributed by atoms with Crippen LogP contribution in [-0.2, 0) is 41.4 Å². The molecule has 7 rings (SSSR count). The first kappa shape index (κ1) is 32.1. The minimum atomic E-state index is -5.08. The van der Waals surface area contributed by atoms with Crippen molar-refractivity contribution in [3.63, 3.8) is 0 Å². The Morgan fingerprint density at radius 2 is 1.62 bits per heavy atom. The number of hydrogen-bond donors (Lipinski definition) is 5. The van der Waals surface area contributed by atoms with Crippen LogP contribution >= 0.6 is 15.6 Å². The molecule has 10 atom stereocenters. The molecule has 6 heterocycles. The van der Waals surface area contributed by atoms with E-state index in [1.807, 2.05) is 0 Å². The van der Waals surface area contributed by atoms with E-state index in [1.165, 1.54) is 17.7 Å². The number of ether oxygens (including phenoxy) is 3. The monoisotopic (exact) mass is 699 g/mol. The van der Waals surface area contributed by atoms with E-state index in [0.29, 0.717) is 5.52 Å². The van der Waals surface area contributed by atoms with Crippen LogP contribution in [0.4, 0.5) is 5.95 Å². The minimum absolute atomic E-state index is 0.0760. The fourth-order valence-electron chi connectivity index (χ4n) is 5.77. The van der Waals surface area contributed by atoms with Crippen molar-refractivity contribution >= 4 is 43.7 Å². The minimum Gasteiger partial charge on any atom is -0.386 e. The molecule has 47 heavy (non-hydrogen) atoms. The summed E-state index contributed by atoms with van der Waals surface area (Å²) in [6.07, 6.45) is -9.65. The predicted octanol–water partition coefficient (Wildman–Crippen LogP) is -0.699. The maximum absolute atomic E-state index is 13.4. The summed E-state index contributed by atoms with van der Waals surface area (Å²) in [6, 6.07) is 6.41. The van der Waals surface area contributed by atoms with Crippen molar-refractivity contribution < 1.29 is 56.3 Å². The summed E-state index contributed by atoms with van der Waals surface area (Å²) in [5.74, 6) is -0.257. The van der Waals surface area contributed by atoms with Gasteiger partial charge in [-0.1, -0.05) is 12.1 Å². The molecule has 0 amide bonds. The molecule has 0 saturated carbocycles. The Labute approximate surface area is 262 Å². The van der Waals surface area contributed by atoms with Crippen molar-refractivity contribution in [3.8, 4) is 0 Å². The lowest BCUT2D eigenvalue weighted by Gasteiger charge is -2.26. The summed E-state index contributed by atoms with van der Waals surface area (Å²) in [5, 5.41) is 11.4. The molecule has 4 aromatic rings. The van der Waals surface area contributed by atoms with E-state index in [1.54, 1.807) is 18.2 Å². The lowest BCUT2D eigenvalue weighted by Crippen LogP contribution is -2.37. The first-order valence-electron chi connectivity index (χ1n) is 13.9. The van der Waals surface area contributed by atoms with Gasteiger partial charge in [0.25, 0.3) is 11.1 Å². The lowest BCUT2D eigenvalue weighted by molar-refractivity contribution is -0.0682. The first-order valence-corrected chi connectivity index (χ1v) is 16.9. The molecule has 3 saturated heterocycles. The molecule has 21 nitrogen and oxygen atoms in total. The molecule has 3 aromatic heterocycles. The molecular formula is C24H27N7O14P2. The van der Waals surface area contributed by atoms with Crippen LogP contribution in [0.3, 0.4) is 0 Å². The third kappa shape index (κ3) is 5.84. The molecule has 0 spiro atoms. The fraction of sp³-hybridized carbons (Fsp3) is 0.458. The average Bonchev–Trinajstić information content (AvgIpc) is 3.68. The number of H-pyrrole nitrogens is 1. The number of phosphoric ester groups is 2. The van der Waals surface area contributed by atoms with Crippen LogP contribution in [0.15, 0.2) is 46.5 Å². The highest BCUT2D eigenvalue weighted by atomic mass is 31.2. The lowest BCUT2D eigenvalue weighted by atomic mass is 10.1. The summed E-state index contributed by atoms with van der Waals surface area (Å²) >= 11 is 0. The SMILES string of the molecule is CO[C@H]1[C@H]2OP(=O)(O)OC[C@H]3O[C@@H](n4cnc5ccccc5c4=O)[C@H](O)[C@@H]3OP(=O)(O)OC[C@H]1O[C@H]2n1cnc2c(=O)[nH]c(N)nc21. The molecule has 252 valence electrons. The number of fused-ring (bicyclic) bond motifs is 5. The van der Waals surface area contributed by atoms with Crippen molar-refractivity contribution in [2.24, 2.45) is 0 Å². The van der Waals surface area contributed by atoms with Gasteiger partial charge in [-0.15, -0.1) is 0 Å². The zero-order valence-corrected chi connectivity index (χ0v) is 25.8. The number of nitrogen functional groups attached to an aromatic ring is 1. The van der Waals surface area contributed by atoms with Crippen molar-refractivity contribution in [2.75, 3.05) is 26.1 Å². The van der Waals surface area contributed by atoms with Gasteiger partial charge in [-0.05, 0) is 12.1 Å². The van der Waals surface area contributed by atoms with Gasteiger partial charge in [-0.25, -0.2) is 19.1 Å². The first-order chi connectivity index (χ1) is 22.4. The number of methoxy groups -OCH3 is 1. The standard InChI is InChI=1S/C24H27N7O14P2/c1-39-17-13-7-41-46(35,36)44-16-12(42-22(15(16)32)31-8-26-11-5-3-2-4-10(11)21(31)34)6-40-47(37,38)45-18(17)23(43-13)30-9-27-14-19(30)28-24(25)29-20(14)33/h2-5,8-9,12-13,15-18,22-23,32H,6-7H2,1H3,(H,35,36)(H,37,38)(H3,25,28,29,33)/t12-,13-,15-,16-,17-,18-,22-,23-/m1/s1. The smallest absolute Gasteiger partial charge is 0.386 e. The second-order valence-corrected chi connectivity index (χ2v) is 13.6. The summed E-state index contributed by atoms with van der Waals surface area (Å²) in [6.45, 7) is -1.55. The van der Waals surface area contributed by atoms with E-state index in [-0.39, 0.29) is 22.5 Å². The number of nitrogens with one attached hydrogen (secondary N) is 1. The Hall–Kier alpha value is -3.43. The number of aromatic amines is 1. The molecule has 2 bridgehead atoms. The van der Waals surface area contributed by atoms with Crippen LogP contribution in [-0.4, -0.2) is 101 Å². The maximum atomic E-state index is 13.4. The highest BCUT2D eigenvalue weighted by Crippen LogP contribution is 2.53. The summed E-state index contributed by atoms with van der Waals surface area (Å²) in [7, 11) is -8.92. The van der Waals surface area contributed by atoms with Gasteiger partial charge >= 0.3 is 15.6 Å². The van der Waals surface area contributed by atoms with Gasteiger partial charge in [0.15, 0.2) is 23.6 Å². The van der Waals surface area contributed by atoms with Crippen LogP contribution in [0.1, 0.15) is 12.5 Å². The number of anilines is 1. The van der Waals surface area contributed by atoms with Crippen molar-refractivity contribution in [3.05, 3.63) is 57.6 Å². The Kier molecular flexibility index (Phi) is 8.15. The number of phosphoric acid groups is 2. The summed E-state index contributed by atoms with van der Waals surface area (Å²) < 4.78 is 67.3. The van der Waals surface area contributed by atoms with Gasteiger partial charge < -0.3 is 34.8 Å². The average molecular weight is 699 g/mol. The van der Waals surface area contributed by atoms with Gasteiger partial charge in [-0.2, -0.15) is 4.98 Å². The number of imidazole rings is 1. The second-order valence-electron chi connectivity index (χ2n) is 10.7. The molecule has 2 unspecified atom stereocenters. The Balaban J connectivity index is 1.22. The Morgan fingerprint density at radius 3 is 2.36 bits per heavy atom. The number of aliphatic hydroxyl groups is 1. The van der Waals surface area contributed by atoms with E-state index in [0.717, 1.165) is 17.2 Å². The number of aromatic nitrogens is 6. The number of para-hydroxylation sites is 1. The van der Waals surface area contributed by atoms with Crippen LogP contribution in [0.25, 0.3) is 22.1 Å². The second kappa shape index (κ2) is 11.9. The highest BCUT2D eigenvalue weighted by Gasteiger charge is 2.54. The molecule has 3 fully saturated rings. The molecule has 0 radical (unpaired) electrons. The third-order valence-electron chi connectivity index (χ3n) is 7.87. The highest BCUT2D eigenvalue weighted by molar-refractivity contribution is 7.47. The van der Waals surface area contributed by atoms with Crippen molar-refractivity contribution in [1.82, 2.24) is 29.1 Å². The van der Waals surface area contributed by atoms with Crippen molar-refractivity contribution in [2.45, 2.75) is 49.1 Å². The van der Waals surface area contributed by atoms with E-state index in [4.69, 9.17) is 38.0 Å². The zero-order valence-electron chi connectivity index (χ0n) is 24.0. The van der Waals surface area contributed by atoms with Crippen LogP contribution < -0.4 is 16.9 Å². The van der Waals surface area contributed by atoms with Gasteiger partial charge in [-0.3, -0.25) is 41.8 Å². The van der Waals surface area contributed by atoms with Gasteiger partial charge in [0, 0.05) is 7.11 Å². The number of aliphatic hydroxyl groups excluding tert-OH is 1. The molecule has 1 aromatic carbocycles. The molecule has 0 aliphatic carbocycles. The van der Waals surface area contributed by atoms with E-state index < -0.39 is 89.1 Å². The third-order valence-corrected chi connectivity index (χ3v) is 9.84. The van der Waals surface area contributed by atoms with Gasteiger partial charge in [0.05, 0.1) is 30.4 Å². The van der Waals surface area contributed by atoms with Crippen LogP contribution in [0.2, 0.25) is 0 Å². The number of nitrogens with two attached hydrogens (primary N) is 1. The molecule has 3 aliphatic rings. The molecule has 23 heteroatoms. The maximum Gasteiger partial charge on any atom is 0.472 e. The fourth-order valence-corrected chi connectivity index (χ4v) is 7.67. The number of hydrogen-bond acceptors (Lipinski definition) is 16. The van der Waals surface area contributed by atoms with Crippen LogP contribution in [0.5, 0.6) is 0 Å². The topological polar surface area (TPSA) is 284 Å². The predicted molar refractivity (Wildman–Crippen MR) is 154 cm³/mol. The number of nitrogens with zero attached hydrogens (tertiary/aromatic N) is 5. The number of benzene rings is 1. The van der Waals surface area contributed by atoms with E-state index in [2.05, 4.69) is 19.9 Å². The Morgan fingerprint density at radius 1 is 0.957 bits per heavy atom.